The quantitative estimate of drug-likeness (QED) is 0.890. The van der Waals surface area contributed by atoms with E-state index < -0.39 is 0 Å². The third-order valence-corrected chi connectivity index (χ3v) is 5.20. The maximum absolute atomic E-state index is 12.7. The first-order valence-corrected chi connectivity index (χ1v) is 9.41. The molecule has 2 amide bonds. The van der Waals surface area contributed by atoms with Gasteiger partial charge >= 0.3 is 0 Å². The number of amides is 2. The van der Waals surface area contributed by atoms with E-state index in [9.17, 15) is 9.59 Å². The topological polar surface area (TPSA) is 58.6 Å². The molecule has 1 heterocycles. The lowest BCUT2D eigenvalue weighted by molar-refractivity contribution is -0.124. The number of ether oxygens (including phenoxy) is 1. The summed E-state index contributed by atoms with van der Waals surface area (Å²) in [6.45, 7) is 1.45. The SMILES string of the molecule is CN(CC1CCCCC1)C(=O)c1cccc(NC(=O)C2CCCO2)c1. The first kappa shape index (κ1) is 17.9. The van der Waals surface area contributed by atoms with Crippen molar-refractivity contribution in [2.45, 2.75) is 51.0 Å². The summed E-state index contributed by atoms with van der Waals surface area (Å²) in [5.74, 6) is 0.501. The zero-order valence-corrected chi connectivity index (χ0v) is 15.0. The number of nitrogens with one attached hydrogen (secondary N) is 1. The molecular formula is C20H28N2O3. The van der Waals surface area contributed by atoms with Crippen LogP contribution in [0.4, 0.5) is 5.69 Å². The van der Waals surface area contributed by atoms with Crippen LogP contribution in [0.3, 0.4) is 0 Å². The lowest BCUT2D eigenvalue weighted by atomic mass is 9.89. The molecule has 1 aromatic rings. The van der Waals surface area contributed by atoms with Crippen LogP contribution in [0.5, 0.6) is 0 Å². The first-order valence-electron chi connectivity index (χ1n) is 9.41. The highest BCUT2D eigenvalue weighted by molar-refractivity contribution is 5.98. The van der Waals surface area contributed by atoms with Crippen LogP contribution in [-0.4, -0.2) is 43.0 Å². The molecule has 5 nitrogen and oxygen atoms in total. The van der Waals surface area contributed by atoms with Gasteiger partial charge in [0, 0.05) is 31.5 Å². The van der Waals surface area contributed by atoms with E-state index in [1.165, 1.54) is 32.1 Å². The number of benzene rings is 1. The Morgan fingerprint density at radius 3 is 2.68 bits per heavy atom. The number of anilines is 1. The third-order valence-electron chi connectivity index (χ3n) is 5.20. The standard InChI is InChI=1S/C20H28N2O3/c1-22(14-15-7-3-2-4-8-15)20(24)16-9-5-10-17(13-16)21-19(23)18-11-6-12-25-18/h5,9-10,13,15,18H,2-4,6-8,11-12,14H2,1H3,(H,21,23). The molecule has 0 spiro atoms. The van der Waals surface area contributed by atoms with Crippen LogP contribution >= 0.6 is 0 Å². The second-order valence-electron chi connectivity index (χ2n) is 7.26. The number of hydrogen-bond acceptors (Lipinski definition) is 3. The summed E-state index contributed by atoms with van der Waals surface area (Å²) in [5, 5.41) is 2.86. The summed E-state index contributed by atoms with van der Waals surface area (Å²) in [6.07, 6.45) is 7.62. The Balaban J connectivity index is 1.59. The van der Waals surface area contributed by atoms with Gasteiger partial charge in [-0.15, -0.1) is 0 Å². The van der Waals surface area contributed by atoms with Crippen molar-refractivity contribution in [2.75, 3.05) is 25.5 Å². The van der Waals surface area contributed by atoms with Crippen molar-refractivity contribution in [3.8, 4) is 0 Å². The fraction of sp³-hybridized carbons (Fsp3) is 0.600. The molecule has 3 rings (SSSR count). The Morgan fingerprint density at radius 2 is 1.96 bits per heavy atom. The second kappa shape index (κ2) is 8.48. The molecule has 25 heavy (non-hydrogen) atoms. The van der Waals surface area contributed by atoms with Crippen LogP contribution < -0.4 is 5.32 Å². The molecule has 136 valence electrons. The fourth-order valence-electron chi connectivity index (χ4n) is 3.80. The van der Waals surface area contributed by atoms with Crippen molar-refractivity contribution in [3.63, 3.8) is 0 Å². The Labute approximate surface area is 149 Å². The van der Waals surface area contributed by atoms with Crippen LogP contribution in [0, 0.1) is 5.92 Å². The highest BCUT2D eigenvalue weighted by Gasteiger charge is 2.24. The molecule has 2 aliphatic rings. The first-order chi connectivity index (χ1) is 12.1. The molecule has 1 N–H and O–H groups in total. The zero-order chi connectivity index (χ0) is 17.6. The Morgan fingerprint density at radius 1 is 1.16 bits per heavy atom. The van der Waals surface area contributed by atoms with E-state index in [4.69, 9.17) is 4.74 Å². The molecule has 1 atom stereocenters. The van der Waals surface area contributed by atoms with E-state index in [0.29, 0.717) is 23.8 Å². The van der Waals surface area contributed by atoms with Gasteiger partial charge in [0.15, 0.2) is 0 Å². The van der Waals surface area contributed by atoms with Gasteiger partial charge < -0.3 is 15.0 Å². The summed E-state index contributed by atoms with van der Waals surface area (Å²) in [7, 11) is 1.87. The predicted molar refractivity (Wildman–Crippen MR) is 97.6 cm³/mol. The average molecular weight is 344 g/mol. The van der Waals surface area contributed by atoms with Crippen LogP contribution in [0.25, 0.3) is 0 Å². The van der Waals surface area contributed by atoms with E-state index in [-0.39, 0.29) is 17.9 Å². The Hall–Kier alpha value is -1.88. The van der Waals surface area contributed by atoms with Crippen molar-refractivity contribution >= 4 is 17.5 Å². The maximum atomic E-state index is 12.7. The molecule has 0 radical (unpaired) electrons. The van der Waals surface area contributed by atoms with Crippen LogP contribution in [0.15, 0.2) is 24.3 Å². The molecule has 1 saturated heterocycles. The third kappa shape index (κ3) is 4.82. The van der Waals surface area contributed by atoms with Crippen molar-refractivity contribution in [2.24, 2.45) is 5.92 Å². The predicted octanol–water partition coefficient (Wildman–Crippen LogP) is 3.46. The minimum absolute atomic E-state index is 0.0128. The van der Waals surface area contributed by atoms with Gasteiger partial charge in [-0.25, -0.2) is 0 Å². The van der Waals surface area contributed by atoms with Gasteiger partial charge in [0.2, 0.25) is 0 Å². The highest BCUT2D eigenvalue weighted by Crippen LogP contribution is 2.25. The molecule has 1 aromatic carbocycles. The van der Waals surface area contributed by atoms with Gasteiger partial charge in [-0.2, -0.15) is 0 Å². The average Bonchev–Trinajstić information content (AvgIpc) is 3.17. The number of carbonyl (C=O) groups is 2. The van der Waals surface area contributed by atoms with E-state index in [0.717, 1.165) is 19.4 Å². The second-order valence-corrected chi connectivity index (χ2v) is 7.26. The normalized spacial score (nSPS) is 21.1. The number of hydrogen-bond donors (Lipinski definition) is 1. The van der Waals surface area contributed by atoms with E-state index in [1.807, 2.05) is 24.1 Å². The molecule has 0 bridgehead atoms. The van der Waals surface area contributed by atoms with E-state index in [2.05, 4.69) is 5.32 Å². The summed E-state index contributed by atoms with van der Waals surface area (Å²) in [5.41, 5.74) is 1.26. The van der Waals surface area contributed by atoms with Gasteiger partial charge in [0.25, 0.3) is 11.8 Å². The number of carbonyl (C=O) groups excluding carboxylic acids is 2. The molecule has 0 aromatic heterocycles. The molecule has 1 aliphatic heterocycles. The van der Waals surface area contributed by atoms with Crippen molar-refractivity contribution in [3.05, 3.63) is 29.8 Å². The summed E-state index contributed by atoms with van der Waals surface area (Å²) < 4.78 is 5.40. The highest BCUT2D eigenvalue weighted by atomic mass is 16.5. The lowest BCUT2D eigenvalue weighted by Gasteiger charge is -2.27. The summed E-state index contributed by atoms with van der Waals surface area (Å²) in [4.78, 5) is 26.7. The van der Waals surface area contributed by atoms with E-state index in [1.54, 1.807) is 12.1 Å². The van der Waals surface area contributed by atoms with Gasteiger partial charge in [-0.3, -0.25) is 9.59 Å². The summed E-state index contributed by atoms with van der Waals surface area (Å²) in [6, 6.07) is 7.19. The molecule has 1 unspecified atom stereocenters. The minimum atomic E-state index is -0.367. The van der Waals surface area contributed by atoms with Crippen LogP contribution in [0.1, 0.15) is 55.3 Å². The molecule has 1 saturated carbocycles. The van der Waals surface area contributed by atoms with Crippen molar-refractivity contribution in [1.29, 1.82) is 0 Å². The lowest BCUT2D eigenvalue weighted by Crippen LogP contribution is -2.32. The number of nitrogens with zero attached hydrogens (tertiary/aromatic N) is 1. The smallest absolute Gasteiger partial charge is 0.253 e. The van der Waals surface area contributed by atoms with Gasteiger partial charge in [0.05, 0.1) is 0 Å². The largest absolute Gasteiger partial charge is 0.368 e. The molecular weight excluding hydrogens is 316 g/mol. The van der Waals surface area contributed by atoms with Gasteiger partial charge in [-0.05, 0) is 49.8 Å². The van der Waals surface area contributed by atoms with Crippen LogP contribution in [-0.2, 0) is 9.53 Å². The van der Waals surface area contributed by atoms with Crippen LogP contribution in [0.2, 0.25) is 0 Å². The van der Waals surface area contributed by atoms with Gasteiger partial charge in [-0.1, -0.05) is 25.3 Å². The molecule has 2 fully saturated rings. The van der Waals surface area contributed by atoms with Gasteiger partial charge in [0.1, 0.15) is 6.10 Å². The minimum Gasteiger partial charge on any atom is -0.368 e. The zero-order valence-electron chi connectivity index (χ0n) is 15.0. The Kier molecular flexibility index (Phi) is 6.08. The Bertz CT molecular complexity index is 605. The van der Waals surface area contributed by atoms with E-state index >= 15 is 0 Å². The van der Waals surface area contributed by atoms with Crippen molar-refractivity contribution in [1.82, 2.24) is 4.90 Å². The van der Waals surface area contributed by atoms with Crippen molar-refractivity contribution < 1.29 is 14.3 Å². The maximum Gasteiger partial charge on any atom is 0.253 e. The monoisotopic (exact) mass is 344 g/mol. The number of rotatable bonds is 5. The summed E-state index contributed by atoms with van der Waals surface area (Å²) >= 11 is 0. The fourth-order valence-corrected chi connectivity index (χ4v) is 3.80. The molecule has 5 heteroatoms. The molecule has 1 aliphatic carbocycles.